The molecule has 2 N–H and O–H groups in total. The number of nitrogens with two attached hydrogens (primary N) is 1. The van der Waals surface area contributed by atoms with Gasteiger partial charge in [0.2, 0.25) is 5.91 Å². The van der Waals surface area contributed by atoms with E-state index in [1.54, 1.807) is 6.07 Å². The van der Waals surface area contributed by atoms with E-state index in [0.29, 0.717) is 18.2 Å². The Bertz CT molecular complexity index is 530. The lowest BCUT2D eigenvalue weighted by Gasteiger charge is -2.38. The molecule has 0 aliphatic carbocycles. The molecule has 0 saturated carbocycles. The van der Waals surface area contributed by atoms with Gasteiger partial charge in [-0.3, -0.25) is 14.6 Å². The van der Waals surface area contributed by atoms with Crippen molar-refractivity contribution in [2.24, 2.45) is 5.73 Å². The van der Waals surface area contributed by atoms with Gasteiger partial charge in [0.25, 0.3) is 0 Å². The molecule has 1 aliphatic rings. The predicted molar refractivity (Wildman–Crippen MR) is 86.5 cm³/mol. The lowest BCUT2D eigenvalue weighted by molar-refractivity contribution is -0.120. The van der Waals surface area contributed by atoms with Crippen LogP contribution in [0.3, 0.4) is 0 Å². The Morgan fingerprint density at radius 2 is 1.95 bits per heavy atom. The number of hydrogen-bond acceptors (Lipinski definition) is 3. The summed E-state index contributed by atoms with van der Waals surface area (Å²) in [7, 11) is 0. The molecule has 0 unspecified atom stereocenters. The molecule has 0 bridgehead atoms. The van der Waals surface area contributed by atoms with Crippen LogP contribution in [0, 0.1) is 5.82 Å². The summed E-state index contributed by atoms with van der Waals surface area (Å²) >= 11 is 5.70. The molecular formula is C16H23ClFN3O. The van der Waals surface area contributed by atoms with Crippen LogP contribution in [0.4, 0.5) is 4.39 Å². The zero-order valence-electron chi connectivity index (χ0n) is 13.1. The van der Waals surface area contributed by atoms with Gasteiger partial charge >= 0.3 is 0 Å². The minimum Gasteiger partial charge on any atom is -0.369 e. The molecule has 1 aromatic carbocycles. The average Bonchev–Trinajstić information content (AvgIpc) is 2.48. The highest BCUT2D eigenvalue weighted by atomic mass is 35.5. The Morgan fingerprint density at radius 1 is 1.32 bits per heavy atom. The second-order valence-electron chi connectivity index (χ2n) is 6.06. The van der Waals surface area contributed by atoms with Gasteiger partial charge in [0, 0.05) is 38.8 Å². The van der Waals surface area contributed by atoms with Crippen molar-refractivity contribution in [3.05, 3.63) is 34.6 Å². The van der Waals surface area contributed by atoms with E-state index in [1.807, 2.05) is 0 Å². The fraction of sp³-hybridized carbons (Fsp3) is 0.562. The van der Waals surface area contributed by atoms with Gasteiger partial charge in [-0.05, 0) is 31.5 Å². The van der Waals surface area contributed by atoms with Crippen molar-refractivity contribution >= 4 is 17.5 Å². The van der Waals surface area contributed by atoms with E-state index in [2.05, 4.69) is 23.6 Å². The fourth-order valence-electron chi connectivity index (χ4n) is 2.81. The molecule has 1 aromatic rings. The third-order valence-electron chi connectivity index (χ3n) is 4.27. The van der Waals surface area contributed by atoms with Crippen LogP contribution in [0.2, 0.25) is 5.02 Å². The van der Waals surface area contributed by atoms with Gasteiger partial charge < -0.3 is 5.73 Å². The van der Waals surface area contributed by atoms with Gasteiger partial charge in [0.15, 0.2) is 0 Å². The lowest BCUT2D eigenvalue weighted by atomic mass is 9.97. The number of nitrogens with zero attached hydrogens (tertiary/aromatic N) is 2. The van der Waals surface area contributed by atoms with Gasteiger partial charge in [-0.1, -0.05) is 17.7 Å². The first kappa shape index (κ1) is 17.2. The SMILES string of the molecule is CC(C)N1CCN(C[C@@H](C(N)=O)c2ccc(Cl)c(F)c2)CC1. The van der Waals surface area contributed by atoms with Crippen LogP contribution in [0.25, 0.3) is 0 Å². The monoisotopic (exact) mass is 327 g/mol. The summed E-state index contributed by atoms with van der Waals surface area (Å²) in [6, 6.07) is 4.98. The van der Waals surface area contributed by atoms with Crippen LogP contribution in [0.5, 0.6) is 0 Å². The third-order valence-corrected chi connectivity index (χ3v) is 4.57. The highest BCUT2D eigenvalue weighted by molar-refractivity contribution is 6.30. The summed E-state index contributed by atoms with van der Waals surface area (Å²) in [5, 5.41) is 0.0533. The van der Waals surface area contributed by atoms with Crippen molar-refractivity contribution in [2.45, 2.75) is 25.8 Å². The smallest absolute Gasteiger partial charge is 0.226 e. The molecule has 1 heterocycles. The number of carbonyl (C=O) groups is 1. The topological polar surface area (TPSA) is 49.6 Å². The Morgan fingerprint density at radius 3 is 2.45 bits per heavy atom. The van der Waals surface area contributed by atoms with Crippen molar-refractivity contribution in [1.29, 1.82) is 0 Å². The largest absolute Gasteiger partial charge is 0.369 e. The maximum Gasteiger partial charge on any atom is 0.226 e. The molecular weight excluding hydrogens is 305 g/mol. The number of halogens is 2. The van der Waals surface area contributed by atoms with Crippen molar-refractivity contribution in [3.63, 3.8) is 0 Å². The number of hydrogen-bond donors (Lipinski definition) is 1. The van der Waals surface area contributed by atoms with E-state index >= 15 is 0 Å². The summed E-state index contributed by atoms with van der Waals surface area (Å²) in [5.41, 5.74) is 6.10. The van der Waals surface area contributed by atoms with Gasteiger partial charge in [0.05, 0.1) is 10.9 Å². The Balaban J connectivity index is 2.04. The Hall–Kier alpha value is -1.17. The molecule has 1 amide bonds. The van der Waals surface area contributed by atoms with Gasteiger partial charge in [-0.25, -0.2) is 4.39 Å². The van der Waals surface area contributed by atoms with Crippen molar-refractivity contribution in [3.8, 4) is 0 Å². The molecule has 0 spiro atoms. The molecule has 6 heteroatoms. The number of carbonyl (C=O) groups excluding carboxylic acids is 1. The molecule has 2 rings (SSSR count). The summed E-state index contributed by atoms with van der Waals surface area (Å²) in [6.07, 6.45) is 0. The lowest BCUT2D eigenvalue weighted by Crippen LogP contribution is -2.50. The summed E-state index contributed by atoms with van der Waals surface area (Å²) < 4.78 is 13.6. The zero-order valence-corrected chi connectivity index (χ0v) is 13.8. The minimum absolute atomic E-state index is 0.0533. The maximum absolute atomic E-state index is 13.6. The van der Waals surface area contributed by atoms with Crippen molar-refractivity contribution in [2.75, 3.05) is 32.7 Å². The van der Waals surface area contributed by atoms with E-state index in [-0.39, 0.29) is 5.02 Å². The van der Waals surface area contributed by atoms with Crippen molar-refractivity contribution in [1.82, 2.24) is 9.80 Å². The van der Waals surface area contributed by atoms with Crippen LogP contribution < -0.4 is 5.73 Å². The number of amides is 1. The molecule has 0 radical (unpaired) electrons. The fourth-order valence-corrected chi connectivity index (χ4v) is 2.93. The van der Waals surface area contributed by atoms with E-state index < -0.39 is 17.6 Å². The minimum atomic E-state index is -0.518. The molecule has 122 valence electrons. The van der Waals surface area contributed by atoms with E-state index in [4.69, 9.17) is 17.3 Å². The number of piperazine rings is 1. The van der Waals surface area contributed by atoms with Crippen LogP contribution in [0.15, 0.2) is 18.2 Å². The molecule has 1 aliphatic heterocycles. The standard InChI is InChI=1S/C16H23ClFN3O/c1-11(2)21-7-5-20(6-8-21)10-13(16(19)22)12-3-4-14(17)15(18)9-12/h3-4,9,11,13H,5-8,10H2,1-2H3,(H2,19,22)/t13-/m1/s1. The molecule has 0 aromatic heterocycles. The third kappa shape index (κ3) is 4.18. The molecule has 1 saturated heterocycles. The quantitative estimate of drug-likeness (QED) is 0.900. The van der Waals surface area contributed by atoms with E-state index in [0.717, 1.165) is 26.2 Å². The summed E-state index contributed by atoms with van der Waals surface area (Å²) in [4.78, 5) is 16.4. The molecule has 1 atom stereocenters. The highest BCUT2D eigenvalue weighted by Crippen LogP contribution is 2.23. The normalized spacial score (nSPS) is 18.6. The van der Waals surface area contributed by atoms with Crippen molar-refractivity contribution < 1.29 is 9.18 Å². The zero-order chi connectivity index (χ0) is 16.3. The second kappa shape index (κ2) is 7.40. The van der Waals surface area contributed by atoms with Gasteiger partial charge in [-0.2, -0.15) is 0 Å². The Kier molecular flexibility index (Phi) is 5.78. The first-order chi connectivity index (χ1) is 10.4. The summed E-state index contributed by atoms with van der Waals surface area (Å²) in [5.74, 6) is -1.47. The van der Waals surface area contributed by atoms with Gasteiger partial charge in [-0.15, -0.1) is 0 Å². The first-order valence-corrected chi connectivity index (χ1v) is 7.97. The maximum atomic E-state index is 13.6. The molecule has 4 nitrogen and oxygen atoms in total. The Labute approximate surface area is 136 Å². The van der Waals surface area contributed by atoms with E-state index in [1.165, 1.54) is 12.1 Å². The summed E-state index contributed by atoms with van der Waals surface area (Å²) in [6.45, 7) is 8.59. The van der Waals surface area contributed by atoms with Crippen LogP contribution in [0.1, 0.15) is 25.3 Å². The average molecular weight is 328 g/mol. The van der Waals surface area contributed by atoms with E-state index in [9.17, 15) is 9.18 Å². The highest BCUT2D eigenvalue weighted by Gasteiger charge is 2.25. The van der Waals surface area contributed by atoms with Crippen LogP contribution >= 0.6 is 11.6 Å². The number of benzene rings is 1. The molecule has 22 heavy (non-hydrogen) atoms. The number of rotatable bonds is 5. The molecule has 1 fully saturated rings. The first-order valence-electron chi connectivity index (χ1n) is 7.59. The van der Waals surface area contributed by atoms with Crippen LogP contribution in [-0.2, 0) is 4.79 Å². The predicted octanol–water partition coefficient (Wildman–Crippen LogP) is 2.07. The number of primary amides is 1. The second-order valence-corrected chi connectivity index (χ2v) is 6.47. The van der Waals surface area contributed by atoms with Crippen LogP contribution in [-0.4, -0.2) is 54.5 Å². The van der Waals surface area contributed by atoms with Gasteiger partial charge in [0.1, 0.15) is 5.82 Å².